The molecule has 0 bridgehead atoms. The Morgan fingerprint density at radius 2 is 1.93 bits per heavy atom. The van der Waals surface area contributed by atoms with Crippen LogP contribution in [0.25, 0.3) is 5.69 Å². The van der Waals surface area contributed by atoms with Gasteiger partial charge in [0.25, 0.3) is 0 Å². The second-order valence-electron chi connectivity index (χ2n) is 3.32. The third-order valence-electron chi connectivity index (χ3n) is 2.32. The molecule has 0 radical (unpaired) electrons. The number of ether oxygens (including phenoxy) is 1. The molecule has 1 aromatic carbocycles. The van der Waals surface area contributed by atoms with Gasteiger partial charge in [-0.2, -0.15) is 5.10 Å². The molecule has 0 unspecified atom stereocenters. The third-order valence-corrected chi connectivity index (χ3v) is 2.32. The first-order valence-corrected chi connectivity index (χ1v) is 4.67. The van der Waals surface area contributed by atoms with Gasteiger partial charge in [-0.25, -0.2) is 4.68 Å². The number of nitrogens with two attached hydrogens (primary N) is 1. The van der Waals surface area contributed by atoms with Crippen LogP contribution >= 0.6 is 0 Å². The summed E-state index contributed by atoms with van der Waals surface area (Å²) >= 11 is 0. The summed E-state index contributed by atoms with van der Waals surface area (Å²) in [7, 11) is 1.64. The molecule has 4 heteroatoms. The molecule has 1 heterocycles. The highest BCUT2D eigenvalue weighted by atomic mass is 16.5. The van der Waals surface area contributed by atoms with Gasteiger partial charge in [0, 0.05) is 5.56 Å². The van der Waals surface area contributed by atoms with E-state index in [0.717, 1.165) is 17.0 Å². The Morgan fingerprint density at radius 3 is 2.40 bits per heavy atom. The second kappa shape index (κ2) is 3.65. The molecule has 2 rings (SSSR count). The maximum atomic E-state index is 5.87. The van der Waals surface area contributed by atoms with Crippen molar-refractivity contribution in [3.8, 4) is 11.4 Å². The first kappa shape index (κ1) is 9.58. The number of methoxy groups -OCH3 is 1. The molecule has 0 aliphatic heterocycles. The largest absolute Gasteiger partial charge is 0.497 e. The second-order valence-corrected chi connectivity index (χ2v) is 3.32. The topological polar surface area (TPSA) is 53.1 Å². The van der Waals surface area contributed by atoms with Crippen molar-refractivity contribution in [1.82, 2.24) is 9.78 Å². The van der Waals surface area contributed by atoms with Crippen molar-refractivity contribution in [2.24, 2.45) is 0 Å². The fraction of sp³-hybridized carbons (Fsp3) is 0.182. The summed E-state index contributed by atoms with van der Waals surface area (Å²) in [5.41, 5.74) is 7.78. The number of aryl methyl sites for hydroxylation is 1. The van der Waals surface area contributed by atoms with E-state index in [2.05, 4.69) is 5.10 Å². The van der Waals surface area contributed by atoms with Crippen LogP contribution in [0.4, 0.5) is 5.82 Å². The normalized spacial score (nSPS) is 10.3. The van der Waals surface area contributed by atoms with E-state index in [-0.39, 0.29) is 0 Å². The van der Waals surface area contributed by atoms with Gasteiger partial charge in [-0.3, -0.25) is 0 Å². The van der Waals surface area contributed by atoms with Crippen LogP contribution in [0.15, 0.2) is 30.5 Å². The van der Waals surface area contributed by atoms with Crippen molar-refractivity contribution in [2.45, 2.75) is 6.92 Å². The van der Waals surface area contributed by atoms with Crippen LogP contribution in [0.2, 0.25) is 0 Å². The zero-order valence-corrected chi connectivity index (χ0v) is 8.77. The summed E-state index contributed by atoms with van der Waals surface area (Å²) in [6.45, 7) is 1.93. The van der Waals surface area contributed by atoms with Gasteiger partial charge in [0.1, 0.15) is 11.6 Å². The number of hydrogen-bond acceptors (Lipinski definition) is 3. The highest BCUT2D eigenvalue weighted by molar-refractivity contribution is 5.47. The third kappa shape index (κ3) is 1.66. The van der Waals surface area contributed by atoms with Gasteiger partial charge in [-0.15, -0.1) is 0 Å². The van der Waals surface area contributed by atoms with Crippen molar-refractivity contribution in [1.29, 1.82) is 0 Å². The van der Waals surface area contributed by atoms with Gasteiger partial charge in [-0.05, 0) is 31.2 Å². The van der Waals surface area contributed by atoms with Crippen molar-refractivity contribution in [2.75, 3.05) is 12.8 Å². The molecule has 2 aromatic rings. The fourth-order valence-corrected chi connectivity index (χ4v) is 1.37. The minimum absolute atomic E-state index is 0.667. The zero-order chi connectivity index (χ0) is 10.8. The molecule has 0 fully saturated rings. The molecule has 0 saturated carbocycles. The van der Waals surface area contributed by atoms with Crippen LogP contribution in [-0.2, 0) is 0 Å². The quantitative estimate of drug-likeness (QED) is 0.809. The van der Waals surface area contributed by atoms with Gasteiger partial charge in [0.05, 0.1) is 19.0 Å². The fourth-order valence-electron chi connectivity index (χ4n) is 1.37. The summed E-state index contributed by atoms with van der Waals surface area (Å²) in [5.74, 6) is 1.49. The molecule has 0 saturated heterocycles. The van der Waals surface area contributed by atoms with E-state index in [9.17, 15) is 0 Å². The van der Waals surface area contributed by atoms with E-state index in [1.165, 1.54) is 0 Å². The van der Waals surface area contributed by atoms with Crippen molar-refractivity contribution in [3.05, 3.63) is 36.0 Å². The lowest BCUT2D eigenvalue weighted by molar-refractivity contribution is 0.414. The van der Waals surface area contributed by atoms with Crippen LogP contribution in [0.3, 0.4) is 0 Å². The van der Waals surface area contributed by atoms with Crippen LogP contribution in [-0.4, -0.2) is 16.9 Å². The first-order chi connectivity index (χ1) is 7.22. The van der Waals surface area contributed by atoms with Crippen LogP contribution < -0.4 is 10.5 Å². The van der Waals surface area contributed by atoms with Crippen molar-refractivity contribution >= 4 is 5.82 Å². The standard InChI is InChI=1S/C11H13N3O/c1-8-7-13-14(11(8)12)9-3-5-10(15-2)6-4-9/h3-7H,12H2,1-2H3. The van der Waals surface area contributed by atoms with Crippen LogP contribution in [0, 0.1) is 6.92 Å². The average Bonchev–Trinajstić information content (AvgIpc) is 2.60. The van der Waals surface area contributed by atoms with Gasteiger partial charge < -0.3 is 10.5 Å². The zero-order valence-electron chi connectivity index (χ0n) is 8.77. The molecular weight excluding hydrogens is 190 g/mol. The lowest BCUT2D eigenvalue weighted by atomic mass is 10.3. The van der Waals surface area contributed by atoms with Gasteiger partial charge in [-0.1, -0.05) is 0 Å². The molecule has 0 aliphatic carbocycles. The number of nitrogens with zero attached hydrogens (tertiary/aromatic N) is 2. The van der Waals surface area contributed by atoms with Crippen molar-refractivity contribution < 1.29 is 4.74 Å². The summed E-state index contributed by atoms with van der Waals surface area (Å²) in [5, 5.41) is 4.19. The molecular formula is C11H13N3O. The maximum absolute atomic E-state index is 5.87. The Labute approximate surface area is 88.3 Å². The number of aromatic nitrogens is 2. The van der Waals surface area contributed by atoms with Gasteiger partial charge in [0.2, 0.25) is 0 Å². The Morgan fingerprint density at radius 1 is 1.27 bits per heavy atom. The number of hydrogen-bond donors (Lipinski definition) is 1. The van der Waals surface area contributed by atoms with E-state index in [1.54, 1.807) is 18.0 Å². The summed E-state index contributed by atoms with van der Waals surface area (Å²) < 4.78 is 6.78. The highest BCUT2D eigenvalue weighted by Crippen LogP contribution is 2.18. The number of rotatable bonds is 2. The molecule has 2 N–H and O–H groups in total. The monoisotopic (exact) mass is 203 g/mol. The van der Waals surface area contributed by atoms with Crippen LogP contribution in [0.1, 0.15) is 5.56 Å². The van der Waals surface area contributed by atoms with E-state index in [1.807, 2.05) is 31.2 Å². The minimum Gasteiger partial charge on any atom is -0.497 e. The van der Waals surface area contributed by atoms with E-state index in [4.69, 9.17) is 10.5 Å². The molecule has 1 aromatic heterocycles. The predicted molar refractivity (Wildman–Crippen MR) is 59.3 cm³/mol. The minimum atomic E-state index is 0.667. The SMILES string of the molecule is COc1ccc(-n2ncc(C)c2N)cc1. The first-order valence-electron chi connectivity index (χ1n) is 4.67. The molecule has 0 aliphatic rings. The lowest BCUT2D eigenvalue weighted by Gasteiger charge is -2.05. The maximum Gasteiger partial charge on any atom is 0.130 e. The summed E-state index contributed by atoms with van der Waals surface area (Å²) in [4.78, 5) is 0. The lowest BCUT2D eigenvalue weighted by Crippen LogP contribution is -2.02. The summed E-state index contributed by atoms with van der Waals surface area (Å²) in [6.07, 6.45) is 1.75. The molecule has 0 atom stereocenters. The molecule has 0 spiro atoms. The Balaban J connectivity index is 2.41. The van der Waals surface area contributed by atoms with E-state index < -0.39 is 0 Å². The van der Waals surface area contributed by atoms with Gasteiger partial charge >= 0.3 is 0 Å². The summed E-state index contributed by atoms with van der Waals surface area (Å²) in [6, 6.07) is 7.60. The Kier molecular flexibility index (Phi) is 2.33. The Hall–Kier alpha value is -1.97. The molecule has 78 valence electrons. The number of nitrogen functional groups attached to an aromatic ring is 1. The predicted octanol–water partition coefficient (Wildman–Crippen LogP) is 1.77. The van der Waals surface area contributed by atoms with Crippen LogP contribution in [0.5, 0.6) is 5.75 Å². The number of anilines is 1. The molecule has 0 amide bonds. The smallest absolute Gasteiger partial charge is 0.130 e. The Bertz CT molecular complexity index is 459. The van der Waals surface area contributed by atoms with Crippen molar-refractivity contribution in [3.63, 3.8) is 0 Å². The molecule has 15 heavy (non-hydrogen) atoms. The van der Waals surface area contributed by atoms with E-state index >= 15 is 0 Å². The van der Waals surface area contributed by atoms with E-state index in [0.29, 0.717) is 5.82 Å². The number of benzene rings is 1. The van der Waals surface area contributed by atoms with Gasteiger partial charge in [0.15, 0.2) is 0 Å². The molecule has 4 nitrogen and oxygen atoms in total. The highest BCUT2D eigenvalue weighted by Gasteiger charge is 2.04. The average molecular weight is 203 g/mol.